The second kappa shape index (κ2) is 6.46. The Morgan fingerprint density at radius 3 is 2.80 bits per heavy atom. The van der Waals surface area contributed by atoms with Gasteiger partial charge in [0.2, 0.25) is 0 Å². The third kappa shape index (κ3) is 3.07. The number of methoxy groups -OCH3 is 1. The van der Waals surface area contributed by atoms with Gasteiger partial charge in [-0.2, -0.15) is 0 Å². The highest BCUT2D eigenvalue weighted by Gasteiger charge is 2.24. The summed E-state index contributed by atoms with van der Waals surface area (Å²) in [5.74, 6) is 0.879. The van der Waals surface area contributed by atoms with E-state index in [1.165, 1.54) is 25.1 Å². The van der Waals surface area contributed by atoms with Gasteiger partial charge < -0.3 is 20.3 Å². The van der Waals surface area contributed by atoms with Crippen molar-refractivity contribution in [2.75, 3.05) is 39.2 Å². The van der Waals surface area contributed by atoms with Gasteiger partial charge in [-0.3, -0.25) is 0 Å². The molecular formula is C16H27N3O. The number of hydrogen-bond donors (Lipinski definition) is 1. The van der Waals surface area contributed by atoms with Crippen molar-refractivity contribution < 1.29 is 4.74 Å². The predicted molar refractivity (Wildman–Crippen MR) is 84.5 cm³/mol. The number of ether oxygens (including phenoxy) is 1. The largest absolute Gasteiger partial charge is 0.496 e. The fraction of sp³-hybridized carbons (Fsp3) is 0.625. The van der Waals surface area contributed by atoms with Crippen LogP contribution in [0, 0.1) is 0 Å². The van der Waals surface area contributed by atoms with Crippen molar-refractivity contribution in [3.05, 3.63) is 23.8 Å². The summed E-state index contributed by atoms with van der Waals surface area (Å²) in [6.45, 7) is 4.25. The van der Waals surface area contributed by atoms with Crippen LogP contribution >= 0.6 is 0 Å². The quantitative estimate of drug-likeness (QED) is 0.896. The molecular weight excluding hydrogens is 250 g/mol. The molecule has 2 N–H and O–H groups in total. The Bertz CT molecular complexity index is 447. The number of rotatable bonds is 5. The summed E-state index contributed by atoms with van der Waals surface area (Å²) in [5, 5.41) is 0. The van der Waals surface area contributed by atoms with E-state index in [9.17, 15) is 0 Å². The van der Waals surface area contributed by atoms with E-state index in [0.717, 1.165) is 17.9 Å². The molecule has 0 radical (unpaired) electrons. The minimum Gasteiger partial charge on any atom is -0.496 e. The van der Waals surface area contributed by atoms with Crippen LogP contribution in [0.4, 0.5) is 5.69 Å². The van der Waals surface area contributed by atoms with Crippen LogP contribution in [0.5, 0.6) is 5.75 Å². The highest BCUT2D eigenvalue weighted by Crippen LogP contribution is 2.33. The molecule has 2 atom stereocenters. The van der Waals surface area contributed by atoms with Crippen LogP contribution in [0.1, 0.15) is 31.4 Å². The van der Waals surface area contributed by atoms with Crippen molar-refractivity contribution in [3.8, 4) is 5.75 Å². The molecule has 1 unspecified atom stereocenters. The summed E-state index contributed by atoms with van der Waals surface area (Å²) >= 11 is 0. The summed E-state index contributed by atoms with van der Waals surface area (Å²) in [6, 6.07) is 6.75. The molecule has 20 heavy (non-hydrogen) atoms. The molecule has 0 spiro atoms. The number of hydrogen-bond acceptors (Lipinski definition) is 4. The average Bonchev–Trinajstić information content (AvgIpc) is 2.83. The van der Waals surface area contributed by atoms with Gasteiger partial charge in [-0.1, -0.05) is 6.07 Å². The lowest BCUT2D eigenvalue weighted by molar-refractivity contribution is 0.314. The van der Waals surface area contributed by atoms with Crippen molar-refractivity contribution >= 4 is 5.69 Å². The zero-order chi connectivity index (χ0) is 14.7. The summed E-state index contributed by atoms with van der Waals surface area (Å²) in [6.07, 6.45) is 2.57. The van der Waals surface area contributed by atoms with E-state index in [1.807, 2.05) is 19.1 Å². The molecule has 1 aliphatic heterocycles. The molecule has 0 aliphatic carbocycles. The van der Waals surface area contributed by atoms with Gasteiger partial charge >= 0.3 is 0 Å². The maximum atomic E-state index is 6.15. The fourth-order valence-electron chi connectivity index (χ4n) is 3.13. The number of likely N-dealkylation sites (tertiary alicyclic amines) is 1. The third-order valence-electron chi connectivity index (χ3n) is 4.29. The van der Waals surface area contributed by atoms with Gasteiger partial charge in [0.05, 0.1) is 7.11 Å². The van der Waals surface area contributed by atoms with Crippen LogP contribution in [0.2, 0.25) is 0 Å². The number of anilines is 1. The zero-order valence-electron chi connectivity index (χ0n) is 13.1. The Kier molecular flexibility index (Phi) is 4.89. The van der Waals surface area contributed by atoms with Crippen LogP contribution in [0.15, 0.2) is 18.2 Å². The van der Waals surface area contributed by atoms with E-state index in [0.29, 0.717) is 6.04 Å². The Morgan fingerprint density at radius 2 is 2.25 bits per heavy atom. The monoisotopic (exact) mass is 277 g/mol. The molecule has 0 amide bonds. The molecule has 4 heteroatoms. The number of benzene rings is 1. The first kappa shape index (κ1) is 15.1. The Hall–Kier alpha value is -1.26. The third-order valence-corrected chi connectivity index (χ3v) is 4.29. The first-order valence-electron chi connectivity index (χ1n) is 7.38. The standard InChI is InChI=1S/C16H27N3O/c1-12(17)16-14(8-5-9-15(16)20-4)19(3)11-13-7-6-10-18(13)2/h5,8-9,12-13H,6-7,10-11,17H2,1-4H3/t12-,13?/m1/s1. The van der Waals surface area contributed by atoms with Gasteiger partial charge in [-0.25, -0.2) is 0 Å². The van der Waals surface area contributed by atoms with Crippen molar-refractivity contribution in [3.63, 3.8) is 0 Å². The average molecular weight is 277 g/mol. The van der Waals surface area contributed by atoms with Gasteiger partial charge in [-0.05, 0) is 45.5 Å². The molecule has 0 aromatic heterocycles. The zero-order valence-corrected chi connectivity index (χ0v) is 13.1. The maximum absolute atomic E-state index is 6.15. The van der Waals surface area contributed by atoms with Crippen molar-refractivity contribution in [1.82, 2.24) is 4.90 Å². The second-order valence-electron chi connectivity index (χ2n) is 5.84. The predicted octanol–water partition coefficient (Wildman–Crippen LogP) is 2.25. The van der Waals surface area contributed by atoms with Crippen molar-refractivity contribution in [2.45, 2.75) is 31.8 Å². The molecule has 1 aromatic carbocycles. The molecule has 0 bridgehead atoms. The molecule has 1 saturated heterocycles. The normalized spacial score (nSPS) is 20.9. The van der Waals surface area contributed by atoms with Crippen LogP contribution in [-0.2, 0) is 0 Å². The van der Waals surface area contributed by atoms with Gasteiger partial charge in [-0.15, -0.1) is 0 Å². The Morgan fingerprint density at radius 1 is 1.50 bits per heavy atom. The molecule has 0 saturated carbocycles. The molecule has 2 rings (SSSR count). The first-order chi connectivity index (χ1) is 9.54. The fourth-order valence-corrected chi connectivity index (χ4v) is 3.13. The van der Waals surface area contributed by atoms with E-state index in [2.05, 4.69) is 30.0 Å². The minimum atomic E-state index is -0.0371. The number of nitrogens with two attached hydrogens (primary N) is 1. The molecule has 1 aromatic rings. The maximum Gasteiger partial charge on any atom is 0.125 e. The van der Waals surface area contributed by atoms with E-state index in [4.69, 9.17) is 10.5 Å². The lowest BCUT2D eigenvalue weighted by Gasteiger charge is -2.30. The second-order valence-corrected chi connectivity index (χ2v) is 5.84. The van der Waals surface area contributed by atoms with Crippen LogP contribution < -0.4 is 15.4 Å². The smallest absolute Gasteiger partial charge is 0.125 e. The Labute approximate surface area is 122 Å². The SMILES string of the molecule is COc1cccc(N(C)CC2CCCN2C)c1[C@@H](C)N. The van der Waals surface area contributed by atoms with Gasteiger partial charge in [0.15, 0.2) is 0 Å². The highest BCUT2D eigenvalue weighted by molar-refractivity contribution is 5.60. The summed E-state index contributed by atoms with van der Waals surface area (Å²) < 4.78 is 5.47. The van der Waals surface area contributed by atoms with Crippen LogP contribution in [-0.4, -0.2) is 45.2 Å². The Balaban J connectivity index is 2.22. The van der Waals surface area contributed by atoms with E-state index < -0.39 is 0 Å². The highest BCUT2D eigenvalue weighted by atomic mass is 16.5. The minimum absolute atomic E-state index is 0.0371. The topological polar surface area (TPSA) is 41.7 Å². The lowest BCUT2D eigenvalue weighted by Crippen LogP contribution is -2.37. The lowest BCUT2D eigenvalue weighted by atomic mass is 10.0. The number of likely N-dealkylation sites (N-methyl/N-ethyl adjacent to an activating group) is 2. The molecule has 1 heterocycles. The molecule has 1 fully saturated rings. The molecule has 112 valence electrons. The summed E-state index contributed by atoms with van der Waals surface area (Å²) in [5.41, 5.74) is 8.42. The van der Waals surface area contributed by atoms with Gasteiger partial charge in [0.25, 0.3) is 0 Å². The molecule has 4 nitrogen and oxygen atoms in total. The van der Waals surface area contributed by atoms with E-state index in [1.54, 1.807) is 7.11 Å². The van der Waals surface area contributed by atoms with E-state index >= 15 is 0 Å². The van der Waals surface area contributed by atoms with Crippen LogP contribution in [0.3, 0.4) is 0 Å². The van der Waals surface area contributed by atoms with E-state index in [-0.39, 0.29) is 6.04 Å². The number of nitrogens with zero attached hydrogens (tertiary/aromatic N) is 2. The first-order valence-corrected chi connectivity index (χ1v) is 7.38. The molecule has 1 aliphatic rings. The van der Waals surface area contributed by atoms with Crippen molar-refractivity contribution in [2.24, 2.45) is 5.73 Å². The van der Waals surface area contributed by atoms with Crippen molar-refractivity contribution in [1.29, 1.82) is 0 Å². The van der Waals surface area contributed by atoms with Crippen LogP contribution in [0.25, 0.3) is 0 Å². The van der Waals surface area contributed by atoms with Gasteiger partial charge in [0, 0.05) is 36.9 Å². The van der Waals surface area contributed by atoms with Gasteiger partial charge in [0.1, 0.15) is 5.75 Å². The summed E-state index contributed by atoms with van der Waals surface area (Å²) in [4.78, 5) is 4.76. The summed E-state index contributed by atoms with van der Waals surface area (Å²) in [7, 11) is 6.06.